The molecule has 0 radical (unpaired) electrons. The van der Waals surface area contributed by atoms with E-state index in [9.17, 15) is 0 Å². The van der Waals surface area contributed by atoms with Crippen LogP contribution in [0.4, 0.5) is 0 Å². The standard InChI is InChI=1S/C12H22N4/c13-5-1-8-16(12-3-4-12)9-2-7-15-10-6-14-11-15/h6,10-12H,1-5,7-9,13H2. The Morgan fingerprint density at radius 3 is 2.75 bits per heavy atom. The van der Waals surface area contributed by atoms with Gasteiger partial charge in [0.2, 0.25) is 0 Å². The number of aryl methyl sites for hydroxylation is 1. The van der Waals surface area contributed by atoms with Crippen molar-refractivity contribution < 1.29 is 0 Å². The van der Waals surface area contributed by atoms with Gasteiger partial charge in [0.25, 0.3) is 0 Å². The van der Waals surface area contributed by atoms with Crippen LogP contribution in [0.3, 0.4) is 0 Å². The summed E-state index contributed by atoms with van der Waals surface area (Å²) in [7, 11) is 0. The molecule has 0 unspecified atom stereocenters. The highest BCUT2D eigenvalue weighted by atomic mass is 15.2. The van der Waals surface area contributed by atoms with Crippen LogP contribution < -0.4 is 5.73 Å². The van der Waals surface area contributed by atoms with Gasteiger partial charge in [0, 0.05) is 31.5 Å². The zero-order chi connectivity index (χ0) is 11.2. The third-order valence-electron chi connectivity index (χ3n) is 3.13. The summed E-state index contributed by atoms with van der Waals surface area (Å²) in [5, 5.41) is 0. The molecule has 0 spiro atoms. The lowest BCUT2D eigenvalue weighted by Gasteiger charge is -2.21. The van der Waals surface area contributed by atoms with Crippen molar-refractivity contribution in [1.82, 2.24) is 14.5 Å². The molecule has 0 bridgehead atoms. The molecule has 2 rings (SSSR count). The average molecular weight is 222 g/mol. The zero-order valence-electron chi connectivity index (χ0n) is 9.89. The Labute approximate surface area is 97.4 Å². The Bertz CT molecular complexity index is 279. The van der Waals surface area contributed by atoms with E-state index in [4.69, 9.17) is 5.73 Å². The van der Waals surface area contributed by atoms with E-state index in [1.165, 1.54) is 32.4 Å². The van der Waals surface area contributed by atoms with E-state index in [0.29, 0.717) is 0 Å². The maximum Gasteiger partial charge on any atom is 0.0945 e. The maximum atomic E-state index is 5.56. The first kappa shape index (κ1) is 11.6. The van der Waals surface area contributed by atoms with Gasteiger partial charge in [-0.2, -0.15) is 0 Å². The molecule has 2 N–H and O–H groups in total. The van der Waals surface area contributed by atoms with Gasteiger partial charge in [-0.25, -0.2) is 4.98 Å². The Hall–Kier alpha value is -0.870. The summed E-state index contributed by atoms with van der Waals surface area (Å²) in [6, 6.07) is 0.856. The van der Waals surface area contributed by atoms with E-state index in [1.54, 1.807) is 0 Å². The van der Waals surface area contributed by atoms with Crippen LogP contribution in [0.15, 0.2) is 18.7 Å². The molecule has 1 saturated carbocycles. The van der Waals surface area contributed by atoms with Crippen LogP contribution >= 0.6 is 0 Å². The zero-order valence-corrected chi connectivity index (χ0v) is 9.89. The third kappa shape index (κ3) is 3.61. The molecule has 16 heavy (non-hydrogen) atoms. The van der Waals surface area contributed by atoms with Gasteiger partial charge < -0.3 is 15.2 Å². The second kappa shape index (κ2) is 6.01. The largest absolute Gasteiger partial charge is 0.337 e. The fraction of sp³-hybridized carbons (Fsp3) is 0.750. The van der Waals surface area contributed by atoms with Crippen LogP contribution in [-0.4, -0.2) is 40.1 Å². The van der Waals surface area contributed by atoms with Crippen LogP contribution in [0.25, 0.3) is 0 Å². The third-order valence-corrected chi connectivity index (χ3v) is 3.13. The van der Waals surface area contributed by atoms with Gasteiger partial charge in [-0.05, 0) is 38.8 Å². The lowest BCUT2D eigenvalue weighted by Crippen LogP contribution is -2.30. The van der Waals surface area contributed by atoms with E-state index in [0.717, 1.165) is 25.6 Å². The summed E-state index contributed by atoms with van der Waals surface area (Å²) in [5.74, 6) is 0. The molecule has 1 heterocycles. The smallest absolute Gasteiger partial charge is 0.0945 e. The SMILES string of the molecule is NCCCN(CCCn1ccnc1)C1CC1. The summed E-state index contributed by atoms with van der Waals surface area (Å²) in [4.78, 5) is 6.65. The van der Waals surface area contributed by atoms with E-state index < -0.39 is 0 Å². The normalized spacial score (nSPS) is 15.9. The summed E-state index contributed by atoms with van der Waals surface area (Å²) >= 11 is 0. The molecule has 0 aliphatic heterocycles. The summed E-state index contributed by atoms with van der Waals surface area (Å²) in [6.45, 7) is 4.25. The van der Waals surface area contributed by atoms with Gasteiger partial charge in [-0.1, -0.05) is 0 Å². The van der Waals surface area contributed by atoms with Crippen molar-refractivity contribution in [3.05, 3.63) is 18.7 Å². The van der Waals surface area contributed by atoms with Gasteiger partial charge in [0.1, 0.15) is 0 Å². The lowest BCUT2D eigenvalue weighted by molar-refractivity contribution is 0.253. The van der Waals surface area contributed by atoms with Crippen molar-refractivity contribution in [3.8, 4) is 0 Å². The highest BCUT2D eigenvalue weighted by Gasteiger charge is 2.27. The van der Waals surface area contributed by atoms with Crippen molar-refractivity contribution in [2.24, 2.45) is 5.73 Å². The summed E-state index contributed by atoms with van der Waals surface area (Å²) < 4.78 is 2.15. The van der Waals surface area contributed by atoms with Crippen molar-refractivity contribution in [3.63, 3.8) is 0 Å². The summed E-state index contributed by atoms with van der Waals surface area (Å²) in [5.41, 5.74) is 5.56. The predicted molar refractivity (Wildman–Crippen MR) is 65.1 cm³/mol. The second-order valence-electron chi connectivity index (χ2n) is 4.56. The first-order valence-electron chi connectivity index (χ1n) is 6.30. The molecular weight excluding hydrogens is 200 g/mol. The number of rotatable bonds is 8. The molecule has 0 amide bonds. The highest BCUT2D eigenvalue weighted by molar-refractivity contribution is 4.84. The number of nitrogens with two attached hydrogens (primary N) is 1. The van der Waals surface area contributed by atoms with Gasteiger partial charge in [-0.15, -0.1) is 0 Å². The molecule has 0 aromatic carbocycles. The number of nitrogens with zero attached hydrogens (tertiary/aromatic N) is 3. The predicted octanol–water partition coefficient (Wildman–Crippen LogP) is 1.09. The fourth-order valence-electron chi connectivity index (χ4n) is 2.09. The van der Waals surface area contributed by atoms with Crippen molar-refractivity contribution >= 4 is 0 Å². The van der Waals surface area contributed by atoms with Crippen LogP contribution in [-0.2, 0) is 6.54 Å². The molecule has 1 aromatic heterocycles. The number of hydrogen-bond donors (Lipinski definition) is 1. The Balaban J connectivity index is 1.65. The van der Waals surface area contributed by atoms with E-state index in [-0.39, 0.29) is 0 Å². The van der Waals surface area contributed by atoms with Gasteiger partial charge in [-0.3, -0.25) is 0 Å². The molecular formula is C12H22N4. The minimum Gasteiger partial charge on any atom is -0.337 e. The molecule has 1 aliphatic rings. The topological polar surface area (TPSA) is 47.1 Å². The van der Waals surface area contributed by atoms with Crippen LogP contribution in [0, 0.1) is 0 Å². The summed E-state index contributed by atoms with van der Waals surface area (Å²) in [6.07, 6.45) is 10.9. The second-order valence-corrected chi connectivity index (χ2v) is 4.56. The molecule has 4 nitrogen and oxygen atoms in total. The highest BCUT2D eigenvalue weighted by Crippen LogP contribution is 2.26. The minimum absolute atomic E-state index is 0.810. The molecule has 4 heteroatoms. The molecule has 0 saturated heterocycles. The van der Waals surface area contributed by atoms with E-state index >= 15 is 0 Å². The van der Waals surface area contributed by atoms with E-state index in [1.807, 2.05) is 18.7 Å². The minimum atomic E-state index is 0.810. The van der Waals surface area contributed by atoms with Crippen molar-refractivity contribution in [2.75, 3.05) is 19.6 Å². The van der Waals surface area contributed by atoms with Crippen LogP contribution in [0.5, 0.6) is 0 Å². The van der Waals surface area contributed by atoms with Crippen molar-refractivity contribution in [2.45, 2.75) is 38.3 Å². The van der Waals surface area contributed by atoms with Gasteiger partial charge >= 0.3 is 0 Å². The van der Waals surface area contributed by atoms with Gasteiger partial charge in [0.15, 0.2) is 0 Å². The Morgan fingerprint density at radius 2 is 2.12 bits per heavy atom. The van der Waals surface area contributed by atoms with Crippen LogP contribution in [0.1, 0.15) is 25.7 Å². The quantitative estimate of drug-likeness (QED) is 0.716. The maximum absolute atomic E-state index is 5.56. The first-order valence-corrected chi connectivity index (χ1v) is 6.30. The molecule has 90 valence electrons. The monoisotopic (exact) mass is 222 g/mol. The molecule has 1 fully saturated rings. The Kier molecular flexibility index (Phi) is 4.36. The fourth-order valence-corrected chi connectivity index (χ4v) is 2.09. The molecule has 0 atom stereocenters. The first-order chi connectivity index (χ1) is 7.90. The lowest BCUT2D eigenvalue weighted by atomic mass is 10.3. The average Bonchev–Trinajstić information content (AvgIpc) is 3.01. The van der Waals surface area contributed by atoms with E-state index in [2.05, 4.69) is 14.5 Å². The van der Waals surface area contributed by atoms with Crippen molar-refractivity contribution in [1.29, 1.82) is 0 Å². The molecule has 1 aliphatic carbocycles. The number of imidazole rings is 1. The number of aromatic nitrogens is 2. The molecule has 1 aromatic rings. The van der Waals surface area contributed by atoms with Crippen LogP contribution in [0.2, 0.25) is 0 Å². The number of hydrogen-bond acceptors (Lipinski definition) is 3. The Morgan fingerprint density at radius 1 is 1.31 bits per heavy atom. The van der Waals surface area contributed by atoms with Gasteiger partial charge in [0.05, 0.1) is 6.33 Å².